The molecule has 8 heteroatoms. The van der Waals surface area contributed by atoms with Crippen LogP contribution in [0.1, 0.15) is 29.8 Å². The van der Waals surface area contributed by atoms with Gasteiger partial charge < -0.3 is 19.7 Å². The first kappa shape index (κ1) is 21.0. The number of carbonyl (C=O) groups excluding carboxylic acids is 1. The van der Waals surface area contributed by atoms with Gasteiger partial charge >= 0.3 is 6.18 Å². The van der Waals surface area contributed by atoms with Crippen LogP contribution in [0, 0.1) is 0 Å². The molecule has 0 atom stereocenters. The number of anilines is 2. The highest BCUT2D eigenvalue weighted by molar-refractivity contribution is 6.06. The molecule has 1 fully saturated rings. The van der Waals surface area contributed by atoms with Gasteiger partial charge in [-0.3, -0.25) is 4.79 Å². The first-order chi connectivity index (χ1) is 13.7. The maximum Gasteiger partial charge on any atom is 0.416 e. The number of rotatable bonds is 5. The molecule has 0 saturated carbocycles. The molecule has 0 aliphatic carbocycles. The maximum atomic E-state index is 13.2. The van der Waals surface area contributed by atoms with Crippen LogP contribution in [-0.4, -0.2) is 38.3 Å². The summed E-state index contributed by atoms with van der Waals surface area (Å²) < 4.78 is 50.5. The summed E-state index contributed by atoms with van der Waals surface area (Å²) in [6, 6.07) is 9.93. The fourth-order valence-corrected chi connectivity index (χ4v) is 3.07. The summed E-state index contributed by atoms with van der Waals surface area (Å²) in [5.74, 6) is 0.0122. The third-order valence-corrected chi connectivity index (χ3v) is 4.39. The summed E-state index contributed by atoms with van der Waals surface area (Å²) in [6.45, 7) is 5.75. The van der Waals surface area contributed by atoms with Gasteiger partial charge in [-0.15, -0.1) is 0 Å². The van der Waals surface area contributed by atoms with E-state index < -0.39 is 17.6 Å². The summed E-state index contributed by atoms with van der Waals surface area (Å²) in [5, 5.41) is 2.64. The van der Waals surface area contributed by atoms with Crippen molar-refractivity contribution in [2.24, 2.45) is 0 Å². The molecule has 0 unspecified atom stereocenters. The highest BCUT2D eigenvalue weighted by atomic mass is 19.4. The van der Waals surface area contributed by atoms with Gasteiger partial charge in [-0.25, -0.2) is 0 Å². The molecule has 1 aliphatic rings. The van der Waals surface area contributed by atoms with Crippen molar-refractivity contribution in [1.82, 2.24) is 0 Å². The predicted octanol–water partition coefficient (Wildman–Crippen LogP) is 4.58. The summed E-state index contributed by atoms with van der Waals surface area (Å²) in [6.07, 6.45) is -4.57. The Bertz CT molecular complexity index is 862. The van der Waals surface area contributed by atoms with Crippen molar-refractivity contribution in [3.8, 4) is 5.75 Å². The smallest absolute Gasteiger partial charge is 0.416 e. The van der Waals surface area contributed by atoms with E-state index in [9.17, 15) is 18.0 Å². The van der Waals surface area contributed by atoms with Crippen molar-refractivity contribution in [1.29, 1.82) is 0 Å². The van der Waals surface area contributed by atoms with Gasteiger partial charge in [0.2, 0.25) is 0 Å². The standard InChI is InChI=1S/C21H23F3N2O3/c1-14(2)29-17-5-3-4-15(12-17)20(27)25-18-13-16(21(22,23)24)6-7-19(18)26-8-10-28-11-9-26/h3-7,12-14H,8-11H2,1-2H3,(H,25,27). The van der Waals surface area contributed by atoms with Crippen molar-refractivity contribution >= 4 is 17.3 Å². The fraction of sp³-hybridized carbons (Fsp3) is 0.381. The molecule has 29 heavy (non-hydrogen) atoms. The van der Waals surface area contributed by atoms with Gasteiger partial charge in [0.1, 0.15) is 5.75 Å². The van der Waals surface area contributed by atoms with Crippen LogP contribution in [0.25, 0.3) is 0 Å². The first-order valence-electron chi connectivity index (χ1n) is 9.36. The summed E-state index contributed by atoms with van der Waals surface area (Å²) in [4.78, 5) is 14.7. The first-order valence-corrected chi connectivity index (χ1v) is 9.36. The van der Waals surface area contributed by atoms with E-state index in [0.717, 1.165) is 12.1 Å². The minimum absolute atomic E-state index is 0.0651. The molecule has 2 aromatic rings. The molecular formula is C21H23F3N2O3. The second-order valence-electron chi connectivity index (χ2n) is 6.98. The Balaban J connectivity index is 1.90. The van der Waals surface area contributed by atoms with Crippen molar-refractivity contribution in [3.05, 3.63) is 53.6 Å². The normalized spacial score (nSPS) is 14.8. The highest BCUT2D eigenvalue weighted by Gasteiger charge is 2.32. The number of ether oxygens (including phenoxy) is 2. The molecular weight excluding hydrogens is 385 g/mol. The second-order valence-corrected chi connectivity index (χ2v) is 6.98. The number of nitrogens with zero attached hydrogens (tertiary/aromatic N) is 1. The number of carbonyl (C=O) groups is 1. The average molecular weight is 408 g/mol. The van der Waals surface area contributed by atoms with Crippen LogP contribution in [-0.2, 0) is 10.9 Å². The molecule has 156 valence electrons. The molecule has 1 heterocycles. The van der Waals surface area contributed by atoms with Gasteiger partial charge in [0.05, 0.1) is 36.3 Å². The maximum absolute atomic E-state index is 13.2. The number of morpholine rings is 1. The number of amides is 1. The van der Waals surface area contributed by atoms with Crippen molar-refractivity contribution < 1.29 is 27.4 Å². The average Bonchev–Trinajstić information content (AvgIpc) is 2.67. The van der Waals surface area contributed by atoms with Crippen LogP contribution in [0.5, 0.6) is 5.75 Å². The van der Waals surface area contributed by atoms with Gasteiger partial charge in [-0.2, -0.15) is 13.2 Å². The largest absolute Gasteiger partial charge is 0.491 e. The van der Waals surface area contributed by atoms with Crippen LogP contribution >= 0.6 is 0 Å². The number of nitrogens with one attached hydrogen (secondary N) is 1. The van der Waals surface area contributed by atoms with Gasteiger partial charge in [-0.1, -0.05) is 6.07 Å². The van der Waals surface area contributed by atoms with E-state index in [4.69, 9.17) is 9.47 Å². The predicted molar refractivity (Wildman–Crippen MR) is 105 cm³/mol. The van der Waals surface area contributed by atoms with E-state index in [2.05, 4.69) is 5.32 Å². The molecule has 3 rings (SSSR count). The minimum atomic E-state index is -4.51. The molecule has 0 aromatic heterocycles. The van der Waals surface area contributed by atoms with E-state index in [1.165, 1.54) is 6.07 Å². The number of hydrogen-bond acceptors (Lipinski definition) is 4. The number of benzene rings is 2. The Labute approximate surface area is 167 Å². The Kier molecular flexibility index (Phi) is 6.32. The van der Waals surface area contributed by atoms with E-state index in [1.54, 1.807) is 24.3 Å². The summed E-state index contributed by atoms with van der Waals surface area (Å²) >= 11 is 0. The molecule has 2 aromatic carbocycles. The van der Waals surface area contributed by atoms with Crippen molar-refractivity contribution in [3.63, 3.8) is 0 Å². The summed E-state index contributed by atoms with van der Waals surface area (Å²) in [7, 11) is 0. The molecule has 1 aliphatic heterocycles. The summed E-state index contributed by atoms with van der Waals surface area (Å²) in [5.41, 5.74) is 0.126. The molecule has 1 saturated heterocycles. The van der Waals surface area contributed by atoms with Gasteiger partial charge in [-0.05, 0) is 50.2 Å². The van der Waals surface area contributed by atoms with Crippen LogP contribution in [0.4, 0.5) is 24.5 Å². The third-order valence-electron chi connectivity index (χ3n) is 4.39. The molecule has 0 radical (unpaired) electrons. The lowest BCUT2D eigenvalue weighted by atomic mass is 10.1. The number of hydrogen-bond donors (Lipinski definition) is 1. The van der Waals surface area contributed by atoms with Gasteiger partial charge in [0, 0.05) is 18.7 Å². The topological polar surface area (TPSA) is 50.8 Å². The van der Waals surface area contributed by atoms with E-state index in [1.807, 2.05) is 18.7 Å². The van der Waals surface area contributed by atoms with E-state index in [0.29, 0.717) is 43.3 Å². The SMILES string of the molecule is CC(C)Oc1cccc(C(=O)Nc2cc(C(F)(F)F)ccc2N2CCOCC2)c1. The lowest BCUT2D eigenvalue weighted by Crippen LogP contribution is -2.36. The lowest BCUT2D eigenvalue weighted by molar-refractivity contribution is -0.137. The Morgan fingerprint density at radius 1 is 1.14 bits per heavy atom. The zero-order valence-corrected chi connectivity index (χ0v) is 16.3. The highest BCUT2D eigenvalue weighted by Crippen LogP contribution is 2.36. The Morgan fingerprint density at radius 2 is 1.86 bits per heavy atom. The third kappa shape index (κ3) is 5.41. The van der Waals surface area contributed by atoms with Crippen LogP contribution < -0.4 is 15.0 Å². The zero-order valence-electron chi connectivity index (χ0n) is 16.3. The number of alkyl halides is 3. The molecule has 1 N–H and O–H groups in total. The van der Waals surface area contributed by atoms with Gasteiger partial charge in [0.15, 0.2) is 0 Å². The van der Waals surface area contributed by atoms with Crippen LogP contribution in [0.15, 0.2) is 42.5 Å². The molecule has 0 spiro atoms. The van der Waals surface area contributed by atoms with Crippen LogP contribution in [0.3, 0.4) is 0 Å². The van der Waals surface area contributed by atoms with Crippen molar-refractivity contribution in [2.75, 3.05) is 36.5 Å². The molecule has 1 amide bonds. The molecule has 5 nitrogen and oxygen atoms in total. The van der Waals surface area contributed by atoms with E-state index in [-0.39, 0.29) is 11.8 Å². The van der Waals surface area contributed by atoms with Crippen molar-refractivity contribution in [2.45, 2.75) is 26.1 Å². The number of halogens is 3. The Hall–Kier alpha value is -2.74. The van der Waals surface area contributed by atoms with Gasteiger partial charge in [0.25, 0.3) is 5.91 Å². The quantitative estimate of drug-likeness (QED) is 0.787. The molecule has 0 bridgehead atoms. The lowest BCUT2D eigenvalue weighted by Gasteiger charge is -2.31. The second kappa shape index (κ2) is 8.73. The van der Waals surface area contributed by atoms with Crippen LogP contribution in [0.2, 0.25) is 0 Å². The minimum Gasteiger partial charge on any atom is -0.491 e. The zero-order chi connectivity index (χ0) is 21.0. The Morgan fingerprint density at radius 3 is 2.52 bits per heavy atom. The fourth-order valence-electron chi connectivity index (χ4n) is 3.07. The van der Waals surface area contributed by atoms with E-state index >= 15 is 0 Å². The monoisotopic (exact) mass is 408 g/mol.